The van der Waals surface area contributed by atoms with Crippen LogP contribution in [0.1, 0.15) is 18.4 Å². The zero-order chi connectivity index (χ0) is 10.1. The lowest BCUT2D eigenvalue weighted by atomic mass is 10.1. The summed E-state index contributed by atoms with van der Waals surface area (Å²) in [6, 6.07) is 4.44. The van der Waals surface area contributed by atoms with Crippen molar-refractivity contribution >= 4 is 17.4 Å². The summed E-state index contributed by atoms with van der Waals surface area (Å²) in [6.07, 6.45) is 2.40. The Kier molecular flexibility index (Phi) is 2.55. The van der Waals surface area contributed by atoms with Crippen molar-refractivity contribution in [1.29, 1.82) is 0 Å². The second kappa shape index (κ2) is 3.70. The number of hydrogen-bond acceptors (Lipinski definition) is 1. The maximum Gasteiger partial charge on any atom is 0.141 e. The monoisotopic (exact) mass is 212 g/mol. The molecule has 1 aromatic carbocycles. The van der Waals surface area contributed by atoms with Crippen LogP contribution in [0.2, 0.25) is 5.02 Å². The van der Waals surface area contributed by atoms with Gasteiger partial charge in [0, 0.05) is 12.3 Å². The van der Waals surface area contributed by atoms with E-state index in [2.05, 4.69) is 0 Å². The Morgan fingerprint density at radius 3 is 2.79 bits per heavy atom. The summed E-state index contributed by atoms with van der Waals surface area (Å²) < 4.78 is 12.8. The van der Waals surface area contributed by atoms with Crippen LogP contribution in [0.4, 0.5) is 4.39 Å². The number of rotatable bonds is 3. The van der Waals surface area contributed by atoms with Gasteiger partial charge in [-0.15, -0.1) is 0 Å². The predicted octanol–water partition coefficient (Wildman–Crippen LogP) is 3.00. The standard InChI is InChI=1S/C11H10ClFO/c12-9-5-7(1-4-10(9)13)6-11(14)8-2-3-8/h1,4-5,8H,2-3,6H2. The maximum absolute atomic E-state index is 12.8. The lowest BCUT2D eigenvalue weighted by Gasteiger charge is -2.01. The van der Waals surface area contributed by atoms with Crippen LogP contribution in [0.15, 0.2) is 18.2 Å². The number of ketones is 1. The largest absolute Gasteiger partial charge is 0.299 e. The van der Waals surface area contributed by atoms with Crippen molar-refractivity contribution in [2.24, 2.45) is 5.92 Å². The smallest absolute Gasteiger partial charge is 0.141 e. The third-order valence-corrected chi connectivity index (χ3v) is 2.68. The highest BCUT2D eigenvalue weighted by atomic mass is 35.5. The van der Waals surface area contributed by atoms with Crippen molar-refractivity contribution in [3.63, 3.8) is 0 Å². The van der Waals surface area contributed by atoms with Crippen LogP contribution in [0, 0.1) is 11.7 Å². The molecule has 0 atom stereocenters. The van der Waals surface area contributed by atoms with Crippen molar-refractivity contribution in [2.45, 2.75) is 19.3 Å². The van der Waals surface area contributed by atoms with E-state index in [1.807, 2.05) is 0 Å². The van der Waals surface area contributed by atoms with Gasteiger partial charge in [0.25, 0.3) is 0 Å². The fourth-order valence-corrected chi connectivity index (χ4v) is 1.60. The molecule has 1 aromatic rings. The van der Waals surface area contributed by atoms with Crippen LogP contribution in [0.25, 0.3) is 0 Å². The van der Waals surface area contributed by atoms with Crippen LogP contribution in [-0.2, 0) is 11.2 Å². The van der Waals surface area contributed by atoms with Gasteiger partial charge in [0.2, 0.25) is 0 Å². The van der Waals surface area contributed by atoms with E-state index in [0.29, 0.717) is 6.42 Å². The average Bonchev–Trinajstić information content (AvgIpc) is 2.94. The van der Waals surface area contributed by atoms with Gasteiger partial charge in [-0.05, 0) is 30.5 Å². The minimum atomic E-state index is -0.436. The fourth-order valence-electron chi connectivity index (χ4n) is 1.40. The molecule has 0 aliphatic heterocycles. The summed E-state index contributed by atoms with van der Waals surface area (Å²) in [6.45, 7) is 0. The molecule has 0 N–H and O–H groups in total. The highest BCUT2D eigenvalue weighted by Gasteiger charge is 2.29. The third kappa shape index (κ3) is 2.13. The Morgan fingerprint density at radius 2 is 2.21 bits per heavy atom. The summed E-state index contributed by atoms with van der Waals surface area (Å²) in [7, 11) is 0. The van der Waals surface area contributed by atoms with E-state index in [4.69, 9.17) is 11.6 Å². The number of benzene rings is 1. The molecule has 3 heteroatoms. The van der Waals surface area contributed by atoms with Crippen molar-refractivity contribution in [1.82, 2.24) is 0 Å². The highest BCUT2D eigenvalue weighted by Crippen LogP contribution is 2.31. The first kappa shape index (κ1) is 9.66. The topological polar surface area (TPSA) is 17.1 Å². The van der Waals surface area contributed by atoms with Crippen LogP contribution >= 0.6 is 11.6 Å². The summed E-state index contributed by atoms with van der Waals surface area (Å²) in [4.78, 5) is 11.4. The van der Waals surface area contributed by atoms with Gasteiger partial charge in [-0.1, -0.05) is 17.7 Å². The predicted molar refractivity (Wildman–Crippen MR) is 52.8 cm³/mol. The van der Waals surface area contributed by atoms with Crippen molar-refractivity contribution in [3.05, 3.63) is 34.6 Å². The lowest BCUT2D eigenvalue weighted by molar-refractivity contribution is -0.119. The molecule has 0 spiro atoms. The van der Waals surface area contributed by atoms with E-state index in [9.17, 15) is 9.18 Å². The van der Waals surface area contributed by atoms with E-state index in [1.54, 1.807) is 6.07 Å². The zero-order valence-corrected chi connectivity index (χ0v) is 8.35. The molecule has 1 fully saturated rings. The molecule has 0 heterocycles. The molecule has 0 amide bonds. The van der Waals surface area contributed by atoms with E-state index in [-0.39, 0.29) is 16.7 Å². The Bertz CT molecular complexity index is 372. The molecule has 1 nitrogen and oxygen atoms in total. The van der Waals surface area contributed by atoms with Crippen LogP contribution < -0.4 is 0 Å². The molecule has 1 aliphatic carbocycles. The number of carbonyl (C=O) groups is 1. The Balaban J connectivity index is 2.08. The maximum atomic E-state index is 12.8. The van der Waals surface area contributed by atoms with Gasteiger partial charge in [-0.3, -0.25) is 4.79 Å². The zero-order valence-electron chi connectivity index (χ0n) is 7.59. The van der Waals surface area contributed by atoms with Gasteiger partial charge in [-0.2, -0.15) is 0 Å². The molecule has 0 radical (unpaired) electrons. The van der Waals surface area contributed by atoms with Crippen LogP contribution in [-0.4, -0.2) is 5.78 Å². The normalized spacial score (nSPS) is 15.6. The summed E-state index contributed by atoms with van der Waals surface area (Å²) in [5.41, 5.74) is 0.799. The molecule has 2 rings (SSSR count). The van der Waals surface area contributed by atoms with Gasteiger partial charge in [0.15, 0.2) is 0 Å². The van der Waals surface area contributed by atoms with Crippen LogP contribution in [0.5, 0.6) is 0 Å². The molecule has 0 unspecified atom stereocenters. The number of halogens is 2. The van der Waals surface area contributed by atoms with Crippen molar-refractivity contribution < 1.29 is 9.18 Å². The molecule has 0 saturated heterocycles. The number of carbonyl (C=O) groups excluding carboxylic acids is 1. The third-order valence-electron chi connectivity index (χ3n) is 2.40. The van der Waals surface area contributed by atoms with E-state index in [1.165, 1.54) is 12.1 Å². The Hall–Kier alpha value is -0.890. The van der Waals surface area contributed by atoms with Gasteiger partial charge in [0.1, 0.15) is 11.6 Å². The molecular formula is C11H10ClFO. The highest BCUT2D eigenvalue weighted by molar-refractivity contribution is 6.30. The second-order valence-electron chi connectivity index (χ2n) is 3.67. The molecule has 14 heavy (non-hydrogen) atoms. The van der Waals surface area contributed by atoms with Gasteiger partial charge >= 0.3 is 0 Å². The van der Waals surface area contributed by atoms with Gasteiger partial charge in [0.05, 0.1) is 5.02 Å². The summed E-state index contributed by atoms with van der Waals surface area (Å²) in [5.74, 6) is 0.0563. The van der Waals surface area contributed by atoms with Crippen molar-refractivity contribution in [3.8, 4) is 0 Å². The SMILES string of the molecule is O=C(Cc1ccc(F)c(Cl)c1)C1CC1. The molecule has 74 valence electrons. The van der Waals surface area contributed by atoms with Gasteiger partial charge < -0.3 is 0 Å². The molecule has 0 bridgehead atoms. The first-order valence-corrected chi connectivity index (χ1v) is 5.01. The minimum Gasteiger partial charge on any atom is -0.299 e. The minimum absolute atomic E-state index is 0.0890. The first-order valence-electron chi connectivity index (χ1n) is 4.63. The average molecular weight is 213 g/mol. The Labute approximate surface area is 86.9 Å². The number of Topliss-reactive ketones (excluding diaryl/α,β-unsaturated/α-hetero) is 1. The quantitative estimate of drug-likeness (QED) is 0.753. The van der Waals surface area contributed by atoms with E-state index < -0.39 is 5.82 Å². The fraction of sp³-hybridized carbons (Fsp3) is 0.364. The summed E-state index contributed by atoms with van der Waals surface area (Å²) in [5, 5.41) is 0.0890. The lowest BCUT2D eigenvalue weighted by Crippen LogP contribution is -2.04. The second-order valence-corrected chi connectivity index (χ2v) is 4.07. The molecule has 1 aliphatic rings. The number of hydrogen-bond donors (Lipinski definition) is 0. The van der Waals surface area contributed by atoms with Crippen molar-refractivity contribution in [2.75, 3.05) is 0 Å². The van der Waals surface area contributed by atoms with E-state index >= 15 is 0 Å². The Morgan fingerprint density at radius 1 is 1.50 bits per heavy atom. The van der Waals surface area contributed by atoms with E-state index in [0.717, 1.165) is 18.4 Å². The summed E-state index contributed by atoms with van der Waals surface area (Å²) >= 11 is 5.61. The molecule has 0 aromatic heterocycles. The molecule has 1 saturated carbocycles. The van der Waals surface area contributed by atoms with Crippen LogP contribution in [0.3, 0.4) is 0 Å². The first-order chi connectivity index (χ1) is 6.66. The molecular weight excluding hydrogens is 203 g/mol. The van der Waals surface area contributed by atoms with Gasteiger partial charge in [-0.25, -0.2) is 4.39 Å².